The predicted octanol–water partition coefficient (Wildman–Crippen LogP) is 4.30. The van der Waals surface area contributed by atoms with Gasteiger partial charge in [-0.15, -0.1) is 0 Å². The second-order valence-corrected chi connectivity index (χ2v) is 10.4. The molecule has 40 heavy (non-hydrogen) atoms. The van der Waals surface area contributed by atoms with Crippen LogP contribution < -0.4 is 14.8 Å². The number of aliphatic hydroxyl groups is 1. The Morgan fingerprint density at radius 1 is 1.10 bits per heavy atom. The number of aliphatic hydroxyl groups excluding tert-OH is 1. The molecule has 9 nitrogen and oxygen atoms in total. The number of carbonyl (C=O) groups is 2. The topological polar surface area (TPSA) is 121 Å². The molecule has 1 heterocycles. The summed E-state index contributed by atoms with van der Waals surface area (Å²) in [6.45, 7) is 3.26. The summed E-state index contributed by atoms with van der Waals surface area (Å²) < 4.78 is 25.0. The van der Waals surface area contributed by atoms with Crippen LogP contribution in [0.5, 0.6) is 17.2 Å². The van der Waals surface area contributed by atoms with Gasteiger partial charge in [0.25, 0.3) is 11.8 Å². The van der Waals surface area contributed by atoms with E-state index in [1.165, 1.54) is 48.1 Å². The Labute approximate surface area is 235 Å². The monoisotopic (exact) mass is 567 g/mol. The molecule has 1 aliphatic heterocycles. The van der Waals surface area contributed by atoms with E-state index in [0.717, 1.165) is 0 Å². The van der Waals surface area contributed by atoms with Gasteiger partial charge in [-0.25, -0.2) is 9.40 Å². The van der Waals surface area contributed by atoms with Crippen LogP contribution in [0.3, 0.4) is 0 Å². The lowest BCUT2D eigenvalue weighted by Gasteiger charge is -2.24. The average Bonchev–Trinajstić information content (AvgIpc) is 3.40. The highest BCUT2D eigenvalue weighted by Gasteiger charge is 2.37. The number of phenols is 1. The van der Waals surface area contributed by atoms with Gasteiger partial charge in [-0.2, -0.15) is 5.10 Å². The Morgan fingerprint density at radius 2 is 1.82 bits per heavy atom. The van der Waals surface area contributed by atoms with E-state index in [1.54, 1.807) is 42.5 Å². The normalized spacial score (nSPS) is 15.5. The minimum absolute atomic E-state index is 0.0362. The molecule has 0 aromatic heterocycles. The van der Waals surface area contributed by atoms with Crippen LogP contribution in [0.1, 0.15) is 40.7 Å². The van der Waals surface area contributed by atoms with Crippen molar-refractivity contribution in [1.29, 1.82) is 0 Å². The minimum Gasteiger partial charge on any atom is -0.507 e. The summed E-state index contributed by atoms with van der Waals surface area (Å²) in [4.78, 5) is 26.1. The molecule has 2 atom stereocenters. The van der Waals surface area contributed by atoms with Gasteiger partial charge < -0.3 is 25.0 Å². The van der Waals surface area contributed by atoms with E-state index >= 15 is 0 Å². The Balaban J connectivity index is 1.66. The maximum atomic E-state index is 13.6. The molecule has 4 rings (SSSR count). The van der Waals surface area contributed by atoms with Crippen molar-refractivity contribution in [3.8, 4) is 17.2 Å². The van der Waals surface area contributed by atoms with Crippen LogP contribution in [-0.2, 0) is 4.79 Å². The number of rotatable bonds is 10. The zero-order valence-corrected chi connectivity index (χ0v) is 23.0. The SMILES string of the molecule is COc1c(OCC(=O)NC(CO)C(C)C)cccc1C1SC(c2ccc(F)cc2)=NN1C(=O)c1ccccc1O. The van der Waals surface area contributed by atoms with Gasteiger partial charge in [-0.05, 0) is 48.4 Å². The van der Waals surface area contributed by atoms with E-state index in [-0.39, 0.29) is 36.2 Å². The van der Waals surface area contributed by atoms with Gasteiger partial charge in [0.2, 0.25) is 0 Å². The highest BCUT2D eigenvalue weighted by molar-refractivity contribution is 8.14. The first-order valence-electron chi connectivity index (χ1n) is 12.6. The van der Waals surface area contributed by atoms with Crippen molar-refractivity contribution >= 4 is 28.6 Å². The molecule has 0 saturated carbocycles. The largest absolute Gasteiger partial charge is 0.507 e. The van der Waals surface area contributed by atoms with Gasteiger partial charge >= 0.3 is 0 Å². The molecule has 3 aromatic rings. The number of amides is 2. The molecule has 0 bridgehead atoms. The first-order chi connectivity index (χ1) is 19.2. The Kier molecular flexibility index (Phi) is 9.28. The van der Waals surface area contributed by atoms with Crippen LogP contribution >= 0.6 is 11.8 Å². The molecule has 0 spiro atoms. The third-order valence-corrected chi connectivity index (χ3v) is 7.48. The van der Waals surface area contributed by atoms with Gasteiger partial charge in [0, 0.05) is 11.1 Å². The molecule has 2 amide bonds. The lowest BCUT2D eigenvalue weighted by Crippen LogP contribution is -2.43. The summed E-state index contributed by atoms with van der Waals surface area (Å²) in [5.74, 6) is -0.960. The maximum absolute atomic E-state index is 13.6. The minimum atomic E-state index is -0.737. The van der Waals surface area contributed by atoms with Crippen LogP contribution in [-0.4, -0.2) is 58.4 Å². The lowest BCUT2D eigenvalue weighted by molar-refractivity contribution is -0.124. The number of para-hydroxylation sites is 2. The lowest BCUT2D eigenvalue weighted by atomic mass is 10.1. The van der Waals surface area contributed by atoms with E-state index in [1.807, 2.05) is 13.8 Å². The molecule has 3 N–H and O–H groups in total. The van der Waals surface area contributed by atoms with Crippen molar-refractivity contribution in [2.24, 2.45) is 11.0 Å². The average molecular weight is 568 g/mol. The first-order valence-corrected chi connectivity index (χ1v) is 13.4. The number of aromatic hydroxyl groups is 1. The predicted molar refractivity (Wildman–Crippen MR) is 150 cm³/mol. The fraction of sp³-hybridized carbons (Fsp3) is 0.276. The van der Waals surface area contributed by atoms with Crippen LogP contribution in [0, 0.1) is 11.7 Å². The maximum Gasteiger partial charge on any atom is 0.279 e. The first kappa shape index (κ1) is 28.9. The Morgan fingerprint density at radius 3 is 2.48 bits per heavy atom. The van der Waals surface area contributed by atoms with Gasteiger partial charge in [-0.3, -0.25) is 9.59 Å². The highest BCUT2D eigenvalue weighted by atomic mass is 32.2. The number of hydrazone groups is 1. The molecule has 2 unspecified atom stereocenters. The van der Waals surface area contributed by atoms with Crippen molar-refractivity contribution in [3.63, 3.8) is 0 Å². The van der Waals surface area contributed by atoms with E-state index < -0.39 is 29.0 Å². The highest BCUT2D eigenvalue weighted by Crippen LogP contribution is 2.47. The Bertz CT molecular complexity index is 1400. The number of carbonyl (C=O) groups excluding carboxylic acids is 2. The van der Waals surface area contributed by atoms with Crippen molar-refractivity contribution in [1.82, 2.24) is 10.3 Å². The second kappa shape index (κ2) is 12.8. The number of hydrogen-bond donors (Lipinski definition) is 3. The number of halogens is 1. The number of methoxy groups -OCH3 is 1. The van der Waals surface area contributed by atoms with E-state index in [9.17, 15) is 24.2 Å². The molecule has 3 aromatic carbocycles. The van der Waals surface area contributed by atoms with Gasteiger partial charge in [-0.1, -0.05) is 49.9 Å². The number of benzene rings is 3. The van der Waals surface area contributed by atoms with E-state index in [2.05, 4.69) is 10.4 Å². The third kappa shape index (κ3) is 6.37. The summed E-state index contributed by atoms with van der Waals surface area (Å²) in [7, 11) is 1.45. The second-order valence-electron chi connectivity index (χ2n) is 9.32. The summed E-state index contributed by atoms with van der Waals surface area (Å²) in [5.41, 5.74) is 1.20. The molecule has 0 aliphatic carbocycles. The zero-order valence-electron chi connectivity index (χ0n) is 22.2. The fourth-order valence-corrected chi connectivity index (χ4v) is 5.22. The number of nitrogens with zero attached hydrogens (tertiary/aromatic N) is 2. The van der Waals surface area contributed by atoms with Crippen LogP contribution in [0.15, 0.2) is 71.8 Å². The standard InChI is InChI=1S/C29H30FN3O6S/c1-17(2)22(15-34)31-25(36)16-39-24-10-6-8-21(26(24)38-3)29-33(28(37)20-7-4-5-9-23(20)35)32-27(40-29)18-11-13-19(30)14-12-18/h4-14,17,22,29,34-35H,15-16H2,1-3H3,(H,31,36). The summed E-state index contributed by atoms with van der Waals surface area (Å²) >= 11 is 1.25. The molecule has 11 heteroatoms. The molecular weight excluding hydrogens is 537 g/mol. The van der Waals surface area contributed by atoms with Gasteiger partial charge in [0.15, 0.2) is 18.1 Å². The molecule has 210 valence electrons. The van der Waals surface area contributed by atoms with Crippen molar-refractivity contribution in [2.45, 2.75) is 25.3 Å². The molecule has 0 saturated heterocycles. The van der Waals surface area contributed by atoms with Crippen molar-refractivity contribution in [2.75, 3.05) is 20.3 Å². The number of nitrogens with one attached hydrogen (secondary N) is 1. The van der Waals surface area contributed by atoms with Crippen molar-refractivity contribution < 1.29 is 33.7 Å². The van der Waals surface area contributed by atoms with E-state index in [0.29, 0.717) is 21.9 Å². The summed E-state index contributed by atoms with van der Waals surface area (Å²) in [6.07, 6.45) is 0. The molecule has 1 aliphatic rings. The van der Waals surface area contributed by atoms with Crippen LogP contribution in [0.4, 0.5) is 4.39 Å². The molecule has 0 radical (unpaired) electrons. The van der Waals surface area contributed by atoms with Crippen molar-refractivity contribution in [3.05, 3.63) is 89.2 Å². The van der Waals surface area contributed by atoms with Gasteiger partial charge in [0.1, 0.15) is 22.0 Å². The van der Waals surface area contributed by atoms with Crippen LogP contribution in [0.25, 0.3) is 0 Å². The van der Waals surface area contributed by atoms with Crippen LogP contribution in [0.2, 0.25) is 0 Å². The Hall–Kier alpha value is -4.09. The number of phenolic OH excluding ortho intramolecular Hbond substituents is 1. The summed E-state index contributed by atoms with van der Waals surface area (Å²) in [6, 6.07) is 16.6. The number of thioether (sulfide) groups is 1. The van der Waals surface area contributed by atoms with E-state index in [4.69, 9.17) is 9.47 Å². The third-order valence-electron chi connectivity index (χ3n) is 6.26. The number of hydrogen-bond acceptors (Lipinski definition) is 8. The zero-order chi connectivity index (χ0) is 28.8. The molecule has 0 fully saturated rings. The number of ether oxygens (including phenoxy) is 2. The quantitative estimate of drug-likeness (QED) is 0.334. The fourth-order valence-electron chi connectivity index (χ4n) is 4.05. The molecular formula is C29H30FN3O6S. The van der Waals surface area contributed by atoms with Gasteiger partial charge in [0.05, 0.1) is 25.3 Å². The summed E-state index contributed by atoms with van der Waals surface area (Å²) in [5, 5.41) is 28.1. The smallest absolute Gasteiger partial charge is 0.279 e.